The standard InChI is InChI=1S/C26H28FN3O3S/c1-16-24(34-18(3)29-16)20-6-4-19(5-7-20)17(2)30-15-14-26(33-25(30)32,13-12-23(28)31)21-8-10-22(27)11-9-21/h4-11,17H,12-15H2,1-3H3,(H2,28,31)/t17-,26+/m0/s1. The minimum atomic E-state index is -1.01. The summed E-state index contributed by atoms with van der Waals surface area (Å²) in [4.78, 5) is 31.9. The molecule has 1 aliphatic heterocycles. The zero-order chi connectivity index (χ0) is 24.5. The van der Waals surface area contributed by atoms with Crippen molar-refractivity contribution in [3.05, 3.63) is 76.2 Å². The SMILES string of the molecule is Cc1nc(C)c(-c2ccc([C@H](C)N3CC[C@](CCC(N)=O)(c4ccc(F)cc4)OC3=O)cc2)s1. The van der Waals surface area contributed by atoms with Gasteiger partial charge in [-0.05, 0) is 49.6 Å². The monoisotopic (exact) mass is 481 g/mol. The van der Waals surface area contributed by atoms with Gasteiger partial charge >= 0.3 is 6.09 Å². The van der Waals surface area contributed by atoms with Crippen LogP contribution in [0.3, 0.4) is 0 Å². The van der Waals surface area contributed by atoms with Crippen LogP contribution in [0.25, 0.3) is 10.4 Å². The molecule has 1 fully saturated rings. The third kappa shape index (κ3) is 4.82. The Balaban J connectivity index is 1.53. The number of rotatable bonds is 7. The van der Waals surface area contributed by atoms with Gasteiger partial charge in [-0.25, -0.2) is 14.2 Å². The van der Waals surface area contributed by atoms with Crippen molar-refractivity contribution in [2.45, 2.75) is 51.7 Å². The summed E-state index contributed by atoms with van der Waals surface area (Å²) >= 11 is 1.66. The zero-order valence-corrected chi connectivity index (χ0v) is 20.3. The van der Waals surface area contributed by atoms with Crippen LogP contribution in [0.1, 0.15) is 54.1 Å². The number of hydrogen-bond acceptors (Lipinski definition) is 5. The summed E-state index contributed by atoms with van der Waals surface area (Å²) in [6.45, 7) is 6.40. The lowest BCUT2D eigenvalue weighted by Gasteiger charge is -2.43. The van der Waals surface area contributed by atoms with E-state index >= 15 is 0 Å². The number of carbonyl (C=O) groups is 2. The number of benzene rings is 2. The molecule has 0 unspecified atom stereocenters. The second-order valence-corrected chi connectivity index (χ2v) is 9.93. The first-order valence-electron chi connectivity index (χ1n) is 11.3. The molecule has 1 saturated heterocycles. The predicted octanol–water partition coefficient (Wildman–Crippen LogP) is 5.63. The average Bonchev–Trinajstić information content (AvgIpc) is 3.15. The minimum absolute atomic E-state index is 0.0676. The van der Waals surface area contributed by atoms with E-state index in [-0.39, 0.29) is 24.7 Å². The molecule has 3 aromatic rings. The summed E-state index contributed by atoms with van der Waals surface area (Å²) in [6.07, 6.45) is 0.326. The van der Waals surface area contributed by atoms with Gasteiger partial charge < -0.3 is 15.4 Å². The molecule has 1 aliphatic rings. The Morgan fingerprint density at radius 2 is 1.88 bits per heavy atom. The number of cyclic esters (lactones) is 1. The molecule has 4 rings (SSSR count). The van der Waals surface area contributed by atoms with Crippen LogP contribution < -0.4 is 5.73 Å². The summed E-state index contributed by atoms with van der Waals surface area (Å²) in [7, 11) is 0. The molecule has 0 saturated carbocycles. The van der Waals surface area contributed by atoms with Crippen LogP contribution in [0.5, 0.6) is 0 Å². The van der Waals surface area contributed by atoms with Crippen LogP contribution in [0, 0.1) is 19.7 Å². The van der Waals surface area contributed by atoms with Crippen LogP contribution in [-0.2, 0) is 15.1 Å². The highest BCUT2D eigenvalue weighted by Crippen LogP contribution is 2.40. The Labute approximate surface area is 202 Å². The van der Waals surface area contributed by atoms with Crippen LogP contribution in [0.15, 0.2) is 48.5 Å². The molecule has 6 nitrogen and oxygen atoms in total. The summed E-state index contributed by atoms with van der Waals surface area (Å²) < 4.78 is 19.5. The number of carbonyl (C=O) groups excluding carboxylic acids is 2. The van der Waals surface area contributed by atoms with Gasteiger partial charge in [-0.3, -0.25) is 4.79 Å². The molecule has 2 atom stereocenters. The number of halogens is 1. The van der Waals surface area contributed by atoms with Gasteiger partial charge in [0, 0.05) is 25.8 Å². The molecule has 178 valence electrons. The van der Waals surface area contributed by atoms with Gasteiger partial charge in [-0.15, -0.1) is 11.3 Å². The normalized spacial score (nSPS) is 19.1. The molecule has 34 heavy (non-hydrogen) atoms. The highest BCUT2D eigenvalue weighted by Gasteiger charge is 2.43. The molecule has 2 N–H and O–H groups in total. The number of nitrogens with zero attached hydrogens (tertiary/aromatic N) is 2. The second kappa shape index (κ2) is 9.54. The Bertz CT molecular complexity index is 1190. The Hall–Kier alpha value is -3.26. The molecule has 8 heteroatoms. The highest BCUT2D eigenvalue weighted by molar-refractivity contribution is 7.15. The maximum absolute atomic E-state index is 13.5. The van der Waals surface area contributed by atoms with Gasteiger partial charge in [0.1, 0.15) is 11.4 Å². The molecular formula is C26H28FN3O3S. The number of aryl methyl sites for hydroxylation is 2. The minimum Gasteiger partial charge on any atom is -0.438 e. The molecule has 2 amide bonds. The van der Waals surface area contributed by atoms with Crippen molar-refractivity contribution >= 4 is 23.3 Å². The highest BCUT2D eigenvalue weighted by atomic mass is 32.1. The van der Waals surface area contributed by atoms with Crippen molar-refractivity contribution < 1.29 is 18.7 Å². The van der Waals surface area contributed by atoms with Crippen molar-refractivity contribution in [1.29, 1.82) is 0 Å². The fourth-order valence-corrected chi connectivity index (χ4v) is 5.44. The Kier molecular flexibility index (Phi) is 6.70. The summed E-state index contributed by atoms with van der Waals surface area (Å²) in [6, 6.07) is 13.8. The Morgan fingerprint density at radius 3 is 2.44 bits per heavy atom. The molecule has 0 bridgehead atoms. The van der Waals surface area contributed by atoms with Crippen LogP contribution in [-0.4, -0.2) is 28.4 Å². The van der Waals surface area contributed by atoms with E-state index < -0.39 is 17.6 Å². The number of primary amides is 1. The number of thiazole rings is 1. The first kappa shape index (κ1) is 23.9. The number of hydrogen-bond donors (Lipinski definition) is 1. The molecule has 0 aliphatic carbocycles. The number of amides is 2. The van der Waals surface area contributed by atoms with Crippen molar-refractivity contribution in [3.63, 3.8) is 0 Å². The van der Waals surface area contributed by atoms with Crippen molar-refractivity contribution in [1.82, 2.24) is 9.88 Å². The zero-order valence-electron chi connectivity index (χ0n) is 19.5. The van der Waals surface area contributed by atoms with Crippen LogP contribution >= 0.6 is 11.3 Å². The first-order valence-corrected chi connectivity index (χ1v) is 12.1. The van der Waals surface area contributed by atoms with Crippen molar-refractivity contribution in [2.24, 2.45) is 5.73 Å². The lowest BCUT2D eigenvalue weighted by Crippen LogP contribution is -2.49. The third-order valence-electron chi connectivity index (χ3n) is 6.45. The summed E-state index contributed by atoms with van der Waals surface area (Å²) in [5.41, 5.74) is 8.12. The van der Waals surface area contributed by atoms with Gasteiger partial charge in [0.25, 0.3) is 0 Å². The predicted molar refractivity (Wildman–Crippen MR) is 130 cm³/mol. The molecule has 2 heterocycles. The Morgan fingerprint density at radius 1 is 1.21 bits per heavy atom. The van der Waals surface area contributed by atoms with E-state index in [0.717, 1.165) is 26.7 Å². The molecule has 0 radical (unpaired) electrons. The lowest BCUT2D eigenvalue weighted by molar-refractivity contribution is -0.121. The van der Waals surface area contributed by atoms with Gasteiger partial charge in [-0.1, -0.05) is 36.4 Å². The summed E-state index contributed by atoms with van der Waals surface area (Å²) in [5, 5.41) is 1.03. The largest absolute Gasteiger partial charge is 0.438 e. The quantitative estimate of drug-likeness (QED) is 0.474. The van der Waals surface area contributed by atoms with Crippen LogP contribution in [0.4, 0.5) is 9.18 Å². The number of aromatic nitrogens is 1. The smallest absolute Gasteiger partial charge is 0.411 e. The number of ether oxygens (including phenoxy) is 1. The molecule has 1 aromatic heterocycles. The van der Waals surface area contributed by atoms with E-state index in [0.29, 0.717) is 18.5 Å². The molecule has 0 spiro atoms. The van der Waals surface area contributed by atoms with E-state index in [4.69, 9.17) is 10.5 Å². The van der Waals surface area contributed by atoms with Gasteiger partial charge in [-0.2, -0.15) is 0 Å². The second-order valence-electron chi connectivity index (χ2n) is 8.72. The van der Waals surface area contributed by atoms with Gasteiger partial charge in [0.2, 0.25) is 5.91 Å². The fraction of sp³-hybridized carbons (Fsp3) is 0.346. The number of nitrogens with two attached hydrogens (primary N) is 1. The first-order chi connectivity index (χ1) is 16.2. The van der Waals surface area contributed by atoms with E-state index in [9.17, 15) is 14.0 Å². The average molecular weight is 482 g/mol. The van der Waals surface area contributed by atoms with Gasteiger partial charge in [0.05, 0.1) is 21.6 Å². The lowest BCUT2D eigenvalue weighted by atomic mass is 9.84. The topological polar surface area (TPSA) is 85.5 Å². The van der Waals surface area contributed by atoms with Gasteiger partial charge in [0.15, 0.2) is 0 Å². The van der Waals surface area contributed by atoms with E-state index in [1.807, 2.05) is 32.9 Å². The summed E-state index contributed by atoms with van der Waals surface area (Å²) in [5.74, 6) is -0.849. The maximum atomic E-state index is 13.5. The maximum Gasteiger partial charge on any atom is 0.411 e. The van der Waals surface area contributed by atoms with E-state index in [1.54, 1.807) is 28.4 Å². The molecule has 2 aromatic carbocycles. The third-order valence-corrected chi connectivity index (χ3v) is 7.57. The van der Waals surface area contributed by atoms with Crippen molar-refractivity contribution in [2.75, 3.05) is 6.54 Å². The van der Waals surface area contributed by atoms with Crippen molar-refractivity contribution in [3.8, 4) is 10.4 Å². The van der Waals surface area contributed by atoms with E-state index in [1.165, 1.54) is 12.1 Å². The molecular weight excluding hydrogens is 453 g/mol. The van der Waals surface area contributed by atoms with Crippen LogP contribution in [0.2, 0.25) is 0 Å². The van der Waals surface area contributed by atoms with E-state index in [2.05, 4.69) is 17.1 Å². The fourth-order valence-electron chi connectivity index (χ4n) is 4.52.